The summed E-state index contributed by atoms with van der Waals surface area (Å²) >= 11 is 0. The van der Waals surface area contributed by atoms with Crippen molar-refractivity contribution >= 4 is 11.8 Å². The average Bonchev–Trinajstić information content (AvgIpc) is 3.06. The van der Waals surface area contributed by atoms with E-state index >= 15 is 0 Å². The number of quaternary nitrogens is 1. The third kappa shape index (κ3) is 17.5. The number of amidine groups is 1. The van der Waals surface area contributed by atoms with Gasteiger partial charge in [0, 0.05) is 6.42 Å². The van der Waals surface area contributed by atoms with Crippen LogP contribution in [0, 0.1) is 0 Å². The van der Waals surface area contributed by atoms with Crippen LogP contribution in [0.25, 0.3) is 0 Å². The van der Waals surface area contributed by atoms with Crippen molar-refractivity contribution < 1.29 is 84.1 Å². The van der Waals surface area contributed by atoms with Gasteiger partial charge in [-0.2, -0.15) is 0 Å². The van der Waals surface area contributed by atoms with Crippen LogP contribution in [0.4, 0.5) is 0 Å². The molecule has 0 aromatic rings. The smallest absolute Gasteiger partial charge is 0.870 e. The first-order valence-corrected chi connectivity index (χ1v) is 12.4. The van der Waals surface area contributed by atoms with Gasteiger partial charge in [-0.25, -0.2) is 9.79 Å². The molecule has 0 saturated carbocycles. The van der Waals surface area contributed by atoms with Crippen LogP contribution in [0.2, 0.25) is 0 Å². The minimum atomic E-state index is -0.801. The largest absolute Gasteiger partial charge is 1.00 e. The number of hydrogen-bond donors (Lipinski definition) is 2. The van der Waals surface area contributed by atoms with Crippen molar-refractivity contribution in [3.63, 3.8) is 0 Å². The van der Waals surface area contributed by atoms with Crippen LogP contribution in [0.3, 0.4) is 0 Å². The van der Waals surface area contributed by atoms with Gasteiger partial charge in [0.05, 0.1) is 13.2 Å². The molecule has 1 aliphatic rings. The first kappa shape index (κ1) is 37.6. The molecule has 1 aliphatic heterocycles. The Kier molecular flexibility index (Phi) is 29.5. The van der Waals surface area contributed by atoms with Gasteiger partial charge in [0.15, 0.2) is 12.4 Å². The second-order valence-electron chi connectivity index (χ2n) is 8.87. The maximum Gasteiger partial charge on any atom is 1.00 e. The van der Waals surface area contributed by atoms with Crippen LogP contribution in [-0.4, -0.2) is 64.8 Å². The van der Waals surface area contributed by atoms with E-state index in [2.05, 4.69) is 11.9 Å². The molecular weight excluding hydrogens is 426 g/mol. The molecule has 178 valence electrons. The maximum atomic E-state index is 11.2. The molecule has 1 heterocycles. The van der Waals surface area contributed by atoms with E-state index in [1.54, 1.807) is 0 Å². The summed E-state index contributed by atoms with van der Waals surface area (Å²) in [5, 5.41) is 18.6. The van der Waals surface area contributed by atoms with Crippen molar-refractivity contribution in [3.8, 4) is 0 Å². The molecule has 0 fully saturated rings. The van der Waals surface area contributed by atoms with Gasteiger partial charge >= 0.3 is 65.1 Å². The summed E-state index contributed by atoms with van der Waals surface area (Å²) in [7, 11) is 0. The summed E-state index contributed by atoms with van der Waals surface area (Å²) < 4.78 is 0.366. The zero-order valence-corrected chi connectivity index (χ0v) is 25.5. The molecule has 3 N–H and O–H groups in total. The number of carbonyl (C=O) groups is 1. The predicted molar refractivity (Wildman–Crippen MR) is 123 cm³/mol. The van der Waals surface area contributed by atoms with E-state index in [9.17, 15) is 15.0 Å². The van der Waals surface area contributed by atoms with Gasteiger partial charge in [-0.05, 0) is 6.42 Å². The first-order valence-electron chi connectivity index (χ1n) is 12.4. The van der Waals surface area contributed by atoms with E-state index in [1.807, 2.05) is 0 Å². The van der Waals surface area contributed by atoms with Crippen LogP contribution in [0.1, 0.15) is 110 Å². The fourth-order valence-corrected chi connectivity index (χ4v) is 4.56. The van der Waals surface area contributed by atoms with Crippen LogP contribution in [-0.2, 0) is 4.79 Å². The molecule has 0 saturated heterocycles. The Morgan fingerprint density at radius 1 is 0.844 bits per heavy atom. The van der Waals surface area contributed by atoms with Crippen LogP contribution < -0.4 is 59.1 Å². The molecule has 1 rings (SSSR count). The van der Waals surface area contributed by atoms with Crippen molar-refractivity contribution in [2.75, 3.05) is 32.8 Å². The molecule has 1 unspecified atom stereocenters. The van der Waals surface area contributed by atoms with Gasteiger partial charge in [0.2, 0.25) is 0 Å². The van der Waals surface area contributed by atoms with Crippen molar-refractivity contribution in [2.24, 2.45) is 4.99 Å². The zero-order valence-electron chi connectivity index (χ0n) is 21.5. The molecule has 0 radical (unpaired) electrons. The maximum absolute atomic E-state index is 11.2. The first-order chi connectivity index (χ1) is 14.1. The minimum Gasteiger partial charge on any atom is -0.870 e. The Hall–Kier alpha value is 1.02. The molecule has 8 heteroatoms. The molecule has 32 heavy (non-hydrogen) atoms. The molecule has 0 aliphatic carbocycles. The second-order valence-corrected chi connectivity index (χ2v) is 8.87. The number of carboxylic acids is 1. The molecule has 0 spiro atoms. The zero-order chi connectivity index (χ0) is 21.2. The average molecular weight is 475 g/mol. The van der Waals surface area contributed by atoms with Crippen molar-refractivity contribution in [1.29, 1.82) is 0 Å². The normalized spacial score (nSPS) is 17.1. The van der Waals surface area contributed by atoms with Gasteiger partial charge in [-0.3, -0.25) is 4.48 Å². The van der Waals surface area contributed by atoms with Crippen molar-refractivity contribution in [3.05, 3.63) is 0 Å². The number of nitrogens with zero attached hydrogens (tertiary/aromatic N) is 2. The fourth-order valence-electron chi connectivity index (χ4n) is 4.56. The molecule has 0 amide bonds. The Morgan fingerprint density at radius 3 is 1.69 bits per heavy atom. The van der Waals surface area contributed by atoms with Crippen molar-refractivity contribution in [2.45, 2.75) is 110 Å². The van der Waals surface area contributed by atoms with Crippen LogP contribution in [0.15, 0.2) is 4.99 Å². The monoisotopic (exact) mass is 474 g/mol. The SMILES string of the molecule is CCCCCCCCCCCCCCCCCC1=NCC[N+]1(CCO)CC(=O)O.[Na+].[Na+].[OH-]. The number of aliphatic carboxylic acids is 1. The van der Waals surface area contributed by atoms with Gasteiger partial charge < -0.3 is 15.7 Å². The van der Waals surface area contributed by atoms with Crippen molar-refractivity contribution in [1.82, 2.24) is 0 Å². The summed E-state index contributed by atoms with van der Waals surface area (Å²) in [4.78, 5) is 15.8. The van der Waals surface area contributed by atoms with E-state index in [4.69, 9.17) is 0 Å². The number of unbranched alkanes of at least 4 members (excludes halogenated alkanes) is 14. The fraction of sp³-hybridized carbons (Fsp3) is 0.917. The van der Waals surface area contributed by atoms with E-state index in [0.29, 0.717) is 17.6 Å². The number of rotatable bonds is 20. The molecule has 0 bridgehead atoms. The minimum absolute atomic E-state index is 0. The Labute approximate surface area is 241 Å². The standard InChI is InChI=1S/C24H46N2O3.2Na.H2O/c1-2-3-4-5-6-7-8-9-10-11-12-13-14-15-16-17-23-25-18-19-26(23,20-21-27)22-24(28)29;;;/h27H,2-22H2,1H3;;;1H2/q;2*+1;. The number of carboxylic acid groups (broad SMARTS) is 1. The van der Waals surface area contributed by atoms with E-state index in [0.717, 1.165) is 25.2 Å². The topological polar surface area (TPSA) is 99.9 Å². The van der Waals surface area contributed by atoms with Gasteiger partial charge in [-0.1, -0.05) is 96.8 Å². The number of aliphatic imine (C=N–C) groups is 1. The molecule has 0 aromatic heterocycles. The third-order valence-electron chi connectivity index (χ3n) is 6.34. The van der Waals surface area contributed by atoms with E-state index < -0.39 is 5.97 Å². The summed E-state index contributed by atoms with van der Waals surface area (Å²) in [6.07, 6.45) is 21.1. The van der Waals surface area contributed by atoms with Gasteiger partial charge in [0.25, 0.3) is 0 Å². The Morgan fingerprint density at radius 2 is 1.28 bits per heavy atom. The number of aliphatic hydroxyl groups is 1. The van der Waals surface area contributed by atoms with E-state index in [-0.39, 0.29) is 77.7 Å². The summed E-state index contributed by atoms with van der Waals surface area (Å²) in [6, 6.07) is 0. The Bertz CT molecular complexity index is 467. The molecule has 1 atom stereocenters. The van der Waals surface area contributed by atoms with E-state index in [1.165, 1.54) is 89.9 Å². The molecule has 0 aromatic carbocycles. The quantitative estimate of drug-likeness (QED) is 0.140. The Balaban J connectivity index is -0.00000280. The van der Waals surface area contributed by atoms with Crippen LogP contribution in [0.5, 0.6) is 0 Å². The number of hydrogen-bond acceptors (Lipinski definition) is 4. The molecule has 6 nitrogen and oxygen atoms in total. The predicted octanol–water partition coefficient (Wildman–Crippen LogP) is -0.615. The van der Waals surface area contributed by atoms with Gasteiger partial charge in [0.1, 0.15) is 13.1 Å². The summed E-state index contributed by atoms with van der Waals surface area (Å²) in [5.41, 5.74) is 0. The second kappa shape index (κ2) is 25.1. The molecular formula is C24H48N2Na2O4+2. The third-order valence-corrected chi connectivity index (χ3v) is 6.34. The summed E-state index contributed by atoms with van der Waals surface area (Å²) in [6.45, 7) is 4.24. The summed E-state index contributed by atoms with van der Waals surface area (Å²) in [5.74, 6) is 0.195. The van der Waals surface area contributed by atoms with Gasteiger partial charge in [-0.15, -0.1) is 0 Å². The van der Waals surface area contributed by atoms with Crippen LogP contribution >= 0.6 is 0 Å². The number of aliphatic hydroxyl groups excluding tert-OH is 1.